The number of fused-ring (bicyclic) bond motifs is 6. The summed E-state index contributed by atoms with van der Waals surface area (Å²) < 4.78 is 5.55. The lowest BCUT2D eigenvalue weighted by Gasteiger charge is -2.39. The summed E-state index contributed by atoms with van der Waals surface area (Å²) in [4.78, 5) is 2.66. The van der Waals surface area contributed by atoms with Gasteiger partial charge in [-0.1, -0.05) is 31.4 Å². The molecule has 7 heteroatoms. The van der Waals surface area contributed by atoms with Crippen molar-refractivity contribution in [3.8, 4) is 24.3 Å². The third-order valence-electron chi connectivity index (χ3n) is 9.22. The molecule has 0 bridgehead atoms. The van der Waals surface area contributed by atoms with Crippen LogP contribution in [0.25, 0.3) is 30.4 Å². The maximum absolute atomic E-state index is 9.51. The van der Waals surface area contributed by atoms with Gasteiger partial charge in [0.25, 0.3) is 0 Å². The van der Waals surface area contributed by atoms with Crippen molar-refractivity contribution in [2.24, 2.45) is 0 Å². The summed E-state index contributed by atoms with van der Waals surface area (Å²) >= 11 is 5.73. The van der Waals surface area contributed by atoms with Crippen LogP contribution in [0.15, 0.2) is 51.7 Å². The number of hydrogen-bond donors (Lipinski definition) is 0. The van der Waals surface area contributed by atoms with Gasteiger partial charge in [-0.05, 0) is 96.9 Å². The summed E-state index contributed by atoms with van der Waals surface area (Å²) in [6.45, 7) is 0. The smallest absolute Gasteiger partial charge is 0.132 e. The molecule has 0 aromatic carbocycles. The van der Waals surface area contributed by atoms with E-state index in [0.29, 0.717) is 0 Å². The highest BCUT2D eigenvalue weighted by atomic mass is 32.1. The number of nitrogens with zero attached hydrogens (tertiary/aromatic N) is 4. The minimum Gasteiger partial charge on any atom is -0.192 e. The van der Waals surface area contributed by atoms with E-state index in [1.807, 2.05) is 34.0 Å². The van der Waals surface area contributed by atoms with Crippen LogP contribution < -0.4 is 0 Å². The number of nitriles is 4. The molecule has 0 N–H and O–H groups in total. The van der Waals surface area contributed by atoms with Gasteiger partial charge in [-0.25, -0.2) is 0 Å². The van der Waals surface area contributed by atoms with E-state index in [1.54, 1.807) is 0 Å². The van der Waals surface area contributed by atoms with Gasteiger partial charge in [0.1, 0.15) is 35.4 Å². The molecular formula is C34H26N4S3. The van der Waals surface area contributed by atoms with Crippen molar-refractivity contribution in [1.29, 1.82) is 21.0 Å². The third kappa shape index (κ3) is 4.08. The molecule has 3 heterocycles. The number of thiophene rings is 3. The summed E-state index contributed by atoms with van der Waals surface area (Å²) in [6.07, 6.45) is 18.3. The lowest BCUT2D eigenvalue weighted by molar-refractivity contribution is 0.349. The molecule has 0 saturated heterocycles. The fraction of sp³-hybridized carbons (Fsp3) is 0.353. The van der Waals surface area contributed by atoms with Crippen LogP contribution in [0, 0.1) is 45.3 Å². The molecule has 3 aromatic heterocycles. The summed E-state index contributed by atoms with van der Waals surface area (Å²) in [6, 6.07) is 10.7. The van der Waals surface area contributed by atoms with E-state index in [-0.39, 0.29) is 16.6 Å². The second-order valence-corrected chi connectivity index (χ2v) is 14.6. The van der Waals surface area contributed by atoms with E-state index in [2.05, 4.69) is 48.6 Å². The Morgan fingerprint density at radius 2 is 1.27 bits per heavy atom. The highest BCUT2D eigenvalue weighted by Gasteiger charge is 2.46. The van der Waals surface area contributed by atoms with E-state index in [4.69, 9.17) is 0 Å². The lowest BCUT2D eigenvalue weighted by atomic mass is 9.65. The number of hydrogen-bond acceptors (Lipinski definition) is 7. The second-order valence-electron chi connectivity index (χ2n) is 11.4. The molecule has 7 rings (SSSR count). The van der Waals surface area contributed by atoms with Crippen molar-refractivity contribution in [2.45, 2.75) is 76.0 Å². The van der Waals surface area contributed by atoms with E-state index < -0.39 is 0 Å². The molecule has 4 aliphatic carbocycles. The predicted octanol–water partition coefficient (Wildman–Crippen LogP) is 10.1. The minimum atomic E-state index is 0.0337. The monoisotopic (exact) mass is 586 g/mol. The van der Waals surface area contributed by atoms with Crippen LogP contribution in [0.3, 0.4) is 0 Å². The molecule has 41 heavy (non-hydrogen) atoms. The Labute approximate surface area is 251 Å². The third-order valence-corrected chi connectivity index (χ3v) is 13.1. The van der Waals surface area contributed by atoms with Crippen LogP contribution >= 0.6 is 34.0 Å². The minimum absolute atomic E-state index is 0.0337. The fourth-order valence-corrected chi connectivity index (χ4v) is 11.8. The van der Waals surface area contributed by atoms with E-state index in [0.717, 1.165) is 62.5 Å². The van der Waals surface area contributed by atoms with Gasteiger partial charge >= 0.3 is 0 Å². The van der Waals surface area contributed by atoms with Crippen LogP contribution in [0.2, 0.25) is 0 Å². The summed E-state index contributed by atoms with van der Waals surface area (Å²) in [5.74, 6) is 0. The molecule has 0 aliphatic heterocycles. The second kappa shape index (κ2) is 10.3. The molecule has 4 aliphatic rings. The molecule has 0 atom stereocenters. The standard InChI is InChI=1S/C34H26N4S3/c35-16-24(17-36)20-6-4-8-22(12-20)26-14-28-30(34(26)10-2-1-3-11-34)32-33(40-28)31-29(41-32)15-27(39-31)23-9-5-7-21(13-23)25(18-37)19-38/h12-15H,1-11H2. The maximum atomic E-state index is 9.51. The van der Waals surface area contributed by atoms with Crippen molar-refractivity contribution < 1.29 is 0 Å². The molecule has 0 unspecified atom stereocenters. The highest BCUT2D eigenvalue weighted by molar-refractivity contribution is 7.39. The topological polar surface area (TPSA) is 95.2 Å². The lowest BCUT2D eigenvalue weighted by Crippen LogP contribution is -2.30. The molecule has 1 fully saturated rings. The van der Waals surface area contributed by atoms with E-state index >= 15 is 0 Å². The van der Waals surface area contributed by atoms with Crippen LogP contribution in [0.1, 0.15) is 85.9 Å². The Balaban J connectivity index is 1.35. The van der Waals surface area contributed by atoms with Crippen LogP contribution in [0.5, 0.6) is 0 Å². The zero-order valence-electron chi connectivity index (χ0n) is 22.6. The predicted molar refractivity (Wildman–Crippen MR) is 168 cm³/mol. The average molecular weight is 587 g/mol. The van der Waals surface area contributed by atoms with Gasteiger partial charge in [0, 0.05) is 19.9 Å². The first kappa shape index (κ1) is 26.2. The Morgan fingerprint density at radius 3 is 1.93 bits per heavy atom. The van der Waals surface area contributed by atoms with Gasteiger partial charge in [-0.2, -0.15) is 21.0 Å². The van der Waals surface area contributed by atoms with Crippen molar-refractivity contribution in [1.82, 2.24) is 0 Å². The average Bonchev–Trinajstić information content (AvgIpc) is 3.73. The SMILES string of the molecule is N#CC(C#N)=C1C=C(C2=Cc3sc4c(sc5cc(C6=CC(=C(C#N)C#N)CCC6)sc54)c3C23CCCCC3)CCC1. The number of allylic oxidation sites excluding steroid dienone is 9. The quantitative estimate of drug-likeness (QED) is 0.279. The van der Waals surface area contributed by atoms with E-state index in [9.17, 15) is 21.0 Å². The molecule has 3 aromatic rings. The van der Waals surface area contributed by atoms with Gasteiger partial charge in [0.05, 0.1) is 14.1 Å². The Bertz CT molecular complexity index is 1930. The van der Waals surface area contributed by atoms with Gasteiger partial charge < -0.3 is 0 Å². The largest absolute Gasteiger partial charge is 0.192 e. The Kier molecular flexibility index (Phi) is 6.57. The Hall–Kier alpha value is -3.72. The van der Waals surface area contributed by atoms with Crippen molar-refractivity contribution >= 4 is 64.5 Å². The Morgan fingerprint density at radius 1 is 0.634 bits per heavy atom. The summed E-state index contributed by atoms with van der Waals surface area (Å²) in [5.41, 5.74) is 7.87. The summed E-state index contributed by atoms with van der Waals surface area (Å²) in [7, 11) is 0. The van der Waals surface area contributed by atoms with Gasteiger partial charge in [0.15, 0.2) is 0 Å². The molecule has 4 nitrogen and oxygen atoms in total. The van der Waals surface area contributed by atoms with Gasteiger partial charge in [0.2, 0.25) is 0 Å². The van der Waals surface area contributed by atoms with Crippen LogP contribution in [-0.2, 0) is 5.41 Å². The normalized spacial score (nSPS) is 19.6. The molecule has 1 spiro atoms. The first-order valence-corrected chi connectivity index (χ1v) is 16.7. The van der Waals surface area contributed by atoms with Crippen LogP contribution in [-0.4, -0.2) is 0 Å². The zero-order valence-corrected chi connectivity index (χ0v) is 25.1. The van der Waals surface area contributed by atoms with Crippen molar-refractivity contribution in [3.63, 3.8) is 0 Å². The van der Waals surface area contributed by atoms with Gasteiger partial charge in [-0.15, -0.1) is 34.0 Å². The molecule has 1 saturated carbocycles. The maximum Gasteiger partial charge on any atom is 0.132 e. The van der Waals surface area contributed by atoms with Crippen molar-refractivity contribution in [2.75, 3.05) is 0 Å². The van der Waals surface area contributed by atoms with Crippen molar-refractivity contribution in [3.05, 3.63) is 67.0 Å². The molecule has 200 valence electrons. The number of rotatable bonds is 2. The fourth-order valence-electron chi connectivity index (χ4n) is 7.38. The molecular weight excluding hydrogens is 561 g/mol. The van der Waals surface area contributed by atoms with Crippen LogP contribution in [0.4, 0.5) is 0 Å². The first-order chi connectivity index (χ1) is 20.1. The molecule has 0 amide bonds. The summed E-state index contributed by atoms with van der Waals surface area (Å²) in [5, 5.41) is 37.8. The molecule has 0 radical (unpaired) electrons. The van der Waals surface area contributed by atoms with Gasteiger partial charge in [-0.3, -0.25) is 0 Å². The van der Waals surface area contributed by atoms with E-state index in [1.165, 1.54) is 70.1 Å². The zero-order chi connectivity index (χ0) is 28.1. The highest BCUT2D eigenvalue weighted by Crippen LogP contribution is 2.61. The first-order valence-electron chi connectivity index (χ1n) is 14.3.